The summed E-state index contributed by atoms with van der Waals surface area (Å²) in [5.41, 5.74) is 5.97. The van der Waals surface area contributed by atoms with Gasteiger partial charge in [0.2, 0.25) is 0 Å². The number of ether oxygens (including phenoxy) is 4. The zero-order valence-electron chi connectivity index (χ0n) is 31.4. The second kappa shape index (κ2) is 18.2. The van der Waals surface area contributed by atoms with Gasteiger partial charge in [-0.15, -0.1) is 0 Å². The summed E-state index contributed by atoms with van der Waals surface area (Å²) in [6.07, 6.45) is 4.64. The van der Waals surface area contributed by atoms with Gasteiger partial charge in [-0.2, -0.15) is 0 Å². The van der Waals surface area contributed by atoms with Gasteiger partial charge in [0.05, 0.1) is 10.7 Å². The standard InChI is InChI=1S/C44H51ClN4O5/c1-51-31-53-35-19-15-33(16-20-35)41(34-17-21-36(22-18-34)54-32-52-2)42-37-11-3-5-13-39(37)49(26-10-9-25-46-23-7-8-24-46)43(42)44(50)48-29-27-47(28-30-48)40-14-6-4-12-38(40)45/h3-6,11-22,41H,7-10,23-32H2,1-2H3. The van der Waals surface area contributed by atoms with E-state index in [2.05, 4.69) is 69.0 Å². The van der Waals surface area contributed by atoms with E-state index < -0.39 is 0 Å². The maximum Gasteiger partial charge on any atom is 0.270 e. The van der Waals surface area contributed by atoms with Crippen molar-refractivity contribution >= 4 is 34.1 Å². The molecule has 0 saturated carbocycles. The van der Waals surface area contributed by atoms with Crippen molar-refractivity contribution in [1.82, 2.24) is 14.4 Å². The molecule has 2 saturated heterocycles. The Hall–Kier alpha value is -4.54. The van der Waals surface area contributed by atoms with Crippen molar-refractivity contribution in [1.29, 1.82) is 0 Å². The van der Waals surface area contributed by atoms with E-state index in [0.29, 0.717) is 26.2 Å². The number of hydrogen-bond acceptors (Lipinski definition) is 7. The van der Waals surface area contributed by atoms with Crippen LogP contribution in [0.3, 0.4) is 0 Å². The number of rotatable bonds is 16. The number of halogens is 1. The van der Waals surface area contributed by atoms with Crippen molar-refractivity contribution in [3.05, 3.63) is 124 Å². The Bertz CT molecular complexity index is 1920. The van der Waals surface area contributed by atoms with E-state index >= 15 is 4.79 Å². The van der Waals surface area contributed by atoms with E-state index in [1.807, 2.05) is 47.4 Å². The van der Waals surface area contributed by atoms with Crippen molar-refractivity contribution in [2.75, 3.05) is 78.5 Å². The molecule has 0 N–H and O–H groups in total. The van der Waals surface area contributed by atoms with Crippen LogP contribution < -0.4 is 14.4 Å². The number of carbonyl (C=O) groups is 1. The highest BCUT2D eigenvalue weighted by atomic mass is 35.5. The van der Waals surface area contributed by atoms with Crippen molar-refractivity contribution < 1.29 is 23.7 Å². The monoisotopic (exact) mass is 750 g/mol. The molecule has 1 amide bonds. The fourth-order valence-electron chi connectivity index (χ4n) is 8.00. The molecule has 54 heavy (non-hydrogen) atoms. The van der Waals surface area contributed by atoms with Crippen LogP contribution in [0.1, 0.15) is 58.8 Å². The lowest BCUT2D eigenvalue weighted by atomic mass is 9.83. The second-order valence-electron chi connectivity index (χ2n) is 14.1. The Morgan fingerprint density at radius 1 is 0.685 bits per heavy atom. The quantitative estimate of drug-likeness (QED) is 0.0743. The van der Waals surface area contributed by atoms with Crippen LogP contribution in [0.15, 0.2) is 97.1 Å². The minimum atomic E-state index is -0.253. The van der Waals surface area contributed by atoms with Gasteiger partial charge in [0.25, 0.3) is 5.91 Å². The fourth-order valence-corrected chi connectivity index (χ4v) is 8.25. The van der Waals surface area contributed by atoms with Crippen LogP contribution in [0.25, 0.3) is 10.9 Å². The number of piperazine rings is 1. The summed E-state index contributed by atoms with van der Waals surface area (Å²) in [5, 5.41) is 1.81. The molecule has 0 unspecified atom stereocenters. The molecule has 2 aliphatic rings. The van der Waals surface area contributed by atoms with Crippen LogP contribution >= 0.6 is 11.6 Å². The van der Waals surface area contributed by atoms with Crippen LogP contribution in [0, 0.1) is 0 Å². The largest absolute Gasteiger partial charge is 0.468 e. The summed E-state index contributed by atoms with van der Waals surface area (Å²) in [7, 11) is 3.23. The first-order chi connectivity index (χ1) is 26.6. The molecule has 3 heterocycles. The Morgan fingerprint density at radius 3 is 1.87 bits per heavy atom. The van der Waals surface area contributed by atoms with Gasteiger partial charge in [0.15, 0.2) is 13.6 Å². The number of nitrogens with zero attached hydrogens (tertiary/aromatic N) is 4. The highest BCUT2D eigenvalue weighted by molar-refractivity contribution is 6.33. The Kier molecular flexibility index (Phi) is 12.7. The second-order valence-corrected chi connectivity index (χ2v) is 14.5. The number of para-hydroxylation sites is 2. The first-order valence-corrected chi connectivity index (χ1v) is 19.5. The molecule has 7 rings (SSSR count). The molecule has 0 radical (unpaired) electrons. The molecule has 5 aromatic rings. The number of likely N-dealkylation sites (tertiary alicyclic amines) is 1. The van der Waals surface area contributed by atoms with Crippen molar-refractivity contribution in [3.63, 3.8) is 0 Å². The smallest absolute Gasteiger partial charge is 0.270 e. The number of aromatic nitrogens is 1. The van der Waals surface area contributed by atoms with Gasteiger partial charge < -0.3 is 38.2 Å². The lowest BCUT2D eigenvalue weighted by Crippen LogP contribution is -2.49. The average Bonchev–Trinajstić information content (AvgIpc) is 3.85. The predicted molar refractivity (Wildman–Crippen MR) is 215 cm³/mol. The number of methoxy groups -OCH3 is 2. The normalized spacial score (nSPS) is 15.0. The first kappa shape index (κ1) is 37.8. The molecule has 1 aromatic heterocycles. The average molecular weight is 751 g/mol. The molecule has 9 nitrogen and oxygen atoms in total. The van der Waals surface area contributed by atoms with Crippen molar-refractivity contribution in [2.45, 2.75) is 38.1 Å². The molecular formula is C44H51ClN4O5. The summed E-state index contributed by atoms with van der Waals surface area (Å²) >= 11 is 6.61. The van der Waals surface area contributed by atoms with E-state index in [-0.39, 0.29) is 25.4 Å². The van der Waals surface area contributed by atoms with Crippen LogP contribution in [0.5, 0.6) is 11.5 Å². The van der Waals surface area contributed by atoms with Crippen molar-refractivity contribution in [2.24, 2.45) is 0 Å². The SMILES string of the molecule is COCOc1ccc(C(c2ccc(OCOC)cc2)c2c(C(=O)N3CCN(c4ccccc4Cl)CC3)n(CCCCN3CCCC3)c3ccccc23)cc1. The van der Waals surface area contributed by atoms with Gasteiger partial charge in [-0.3, -0.25) is 4.79 Å². The number of amides is 1. The molecular weight excluding hydrogens is 700 g/mol. The molecule has 0 bridgehead atoms. The van der Waals surface area contributed by atoms with Gasteiger partial charge in [0, 0.05) is 69.3 Å². The molecule has 0 aliphatic carbocycles. The Morgan fingerprint density at radius 2 is 1.26 bits per heavy atom. The summed E-state index contributed by atoms with van der Waals surface area (Å²) < 4.78 is 24.2. The minimum Gasteiger partial charge on any atom is -0.468 e. The van der Waals surface area contributed by atoms with E-state index in [1.54, 1.807) is 14.2 Å². The molecule has 0 atom stereocenters. The highest BCUT2D eigenvalue weighted by Gasteiger charge is 2.34. The summed E-state index contributed by atoms with van der Waals surface area (Å²) in [4.78, 5) is 22.1. The number of carbonyl (C=O) groups excluding carboxylic acids is 1. The third kappa shape index (κ3) is 8.55. The molecule has 0 spiro atoms. The minimum absolute atomic E-state index is 0.0599. The zero-order valence-corrected chi connectivity index (χ0v) is 32.2. The van der Waals surface area contributed by atoms with Gasteiger partial charge in [-0.1, -0.05) is 66.2 Å². The van der Waals surface area contributed by atoms with Crippen LogP contribution in [-0.2, 0) is 16.0 Å². The topological polar surface area (TPSA) is 68.6 Å². The van der Waals surface area contributed by atoms with Gasteiger partial charge in [0.1, 0.15) is 17.2 Å². The summed E-state index contributed by atoms with van der Waals surface area (Å²) in [6, 6.07) is 32.8. The lowest BCUT2D eigenvalue weighted by molar-refractivity contribution is 0.0509. The zero-order chi connectivity index (χ0) is 37.3. The highest BCUT2D eigenvalue weighted by Crippen LogP contribution is 2.42. The van der Waals surface area contributed by atoms with Crippen LogP contribution in [0.2, 0.25) is 5.02 Å². The number of anilines is 1. The molecule has 2 fully saturated rings. The fraction of sp³-hybridized carbons (Fsp3) is 0.386. The summed E-state index contributed by atoms with van der Waals surface area (Å²) in [5.74, 6) is 1.24. The van der Waals surface area contributed by atoms with Gasteiger partial charge in [-0.05, 0) is 98.9 Å². The Labute approximate surface area is 323 Å². The maximum absolute atomic E-state index is 15.3. The molecule has 2 aliphatic heterocycles. The third-order valence-corrected chi connectivity index (χ3v) is 11.0. The molecule has 10 heteroatoms. The Balaban J connectivity index is 1.31. The van der Waals surface area contributed by atoms with E-state index in [9.17, 15) is 0 Å². The number of unbranched alkanes of at least 4 members (excludes halogenated alkanes) is 1. The predicted octanol–water partition coefficient (Wildman–Crippen LogP) is 8.28. The molecule has 4 aromatic carbocycles. The molecule has 284 valence electrons. The summed E-state index contributed by atoms with van der Waals surface area (Å²) in [6.45, 7) is 7.17. The van der Waals surface area contributed by atoms with E-state index in [1.165, 1.54) is 25.9 Å². The maximum atomic E-state index is 15.3. The third-order valence-electron chi connectivity index (χ3n) is 10.7. The van der Waals surface area contributed by atoms with Crippen molar-refractivity contribution in [3.8, 4) is 11.5 Å². The number of benzene rings is 4. The number of fused-ring (bicyclic) bond motifs is 1. The van der Waals surface area contributed by atoms with Gasteiger partial charge >= 0.3 is 0 Å². The van der Waals surface area contributed by atoms with Gasteiger partial charge in [-0.25, -0.2) is 0 Å². The first-order valence-electron chi connectivity index (χ1n) is 19.1. The van der Waals surface area contributed by atoms with Crippen LogP contribution in [0.4, 0.5) is 5.69 Å². The van der Waals surface area contributed by atoms with Crippen LogP contribution in [-0.4, -0.2) is 93.9 Å². The number of hydrogen-bond donors (Lipinski definition) is 0. The number of aryl methyl sites for hydroxylation is 1. The van der Waals surface area contributed by atoms with E-state index in [4.69, 9.17) is 30.5 Å². The lowest BCUT2D eigenvalue weighted by Gasteiger charge is -2.37. The van der Waals surface area contributed by atoms with E-state index in [0.717, 1.165) is 81.4 Å².